The summed E-state index contributed by atoms with van der Waals surface area (Å²) in [6, 6.07) is 10.8. The molecule has 0 bridgehead atoms. The Labute approximate surface area is 332 Å². The third kappa shape index (κ3) is 8.11. The Morgan fingerprint density at radius 2 is 1.12 bits per heavy atom. The molecular formula is C42H52N8O7. The van der Waals surface area contributed by atoms with E-state index in [1.54, 1.807) is 0 Å². The number of aromatic amines is 2. The molecule has 3 aliphatic rings. The van der Waals surface area contributed by atoms with Gasteiger partial charge in [-0.1, -0.05) is 52.0 Å². The molecule has 2 fully saturated rings. The Hall–Kier alpha value is -5.70. The number of hydrogen-bond donors (Lipinski definition) is 4. The van der Waals surface area contributed by atoms with Crippen molar-refractivity contribution in [2.24, 2.45) is 11.8 Å². The van der Waals surface area contributed by atoms with Crippen LogP contribution in [0, 0.1) is 11.8 Å². The van der Waals surface area contributed by atoms with Gasteiger partial charge in [-0.05, 0) is 83.0 Å². The zero-order chi connectivity index (χ0) is 40.4. The first-order valence-electron chi connectivity index (χ1n) is 19.7. The molecule has 4 amide bonds. The maximum absolute atomic E-state index is 13.6. The molecule has 2 saturated heterocycles. The minimum atomic E-state index is -0.699. The number of alkyl carbamates (subject to hydrolysis) is 2. The van der Waals surface area contributed by atoms with Crippen LogP contribution in [0.5, 0.6) is 0 Å². The minimum absolute atomic E-state index is 0.115. The van der Waals surface area contributed by atoms with Gasteiger partial charge in [0.05, 0.1) is 63.3 Å². The zero-order valence-electron chi connectivity index (χ0n) is 33.4. The number of benzene rings is 2. The molecule has 2 aromatic carbocycles. The van der Waals surface area contributed by atoms with E-state index in [0.29, 0.717) is 38.0 Å². The molecule has 4 N–H and O–H groups in total. The Balaban J connectivity index is 1.07. The summed E-state index contributed by atoms with van der Waals surface area (Å²) in [5.41, 5.74) is 7.90. The summed E-state index contributed by atoms with van der Waals surface area (Å²) in [4.78, 5) is 71.3. The Kier molecular flexibility index (Phi) is 11.7. The van der Waals surface area contributed by atoms with Crippen LogP contribution in [-0.4, -0.2) is 93.1 Å². The van der Waals surface area contributed by atoms with Crippen molar-refractivity contribution in [3.8, 4) is 33.6 Å². The molecule has 0 radical (unpaired) electrons. The van der Waals surface area contributed by atoms with Gasteiger partial charge in [0.25, 0.3) is 0 Å². The highest BCUT2D eigenvalue weighted by molar-refractivity contribution is 5.87. The number of aromatic nitrogens is 4. The molecular weight excluding hydrogens is 729 g/mol. The molecule has 5 heterocycles. The standard InChI is InChI=1S/C42H52N8O7/c1-23(2)35(47-41(53)55-5)39(51)49-15-7-9-33(49)37-43-19-31(45-37)25-11-13-29-27(17-25)21-57-22-28-18-26(12-14-30(28)29)32-20-44-38(46-32)34-10-8-16-50(34)40(52)36(24(3)4)48-42(54)56-6/h11-14,17-20,23-24,33-36H,7-10,15-16,21-22H2,1-6H3,(H,43,45)(H,44,46)(H,47,53)(H,48,54). The lowest BCUT2D eigenvalue weighted by Gasteiger charge is -2.30. The number of hydrogen-bond acceptors (Lipinski definition) is 9. The van der Waals surface area contributed by atoms with Gasteiger partial charge in [0.2, 0.25) is 11.8 Å². The van der Waals surface area contributed by atoms with Crippen molar-refractivity contribution in [1.29, 1.82) is 0 Å². The lowest BCUT2D eigenvalue weighted by atomic mass is 9.93. The van der Waals surface area contributed by atoms with Crippen LogP contribution in [0.4, 0.5) is 9.59 Å². The van der Waals surface area contributed by atoms with Crippen molar-refractivity contribution in [3.05, 3.63) is 71.6 Å². The number of likely N-dealkylation sites (tertiary alicyclic amines) is 2. The number of methoxy groups -OCH3 is 2. The lowest BCUT2D eigenvalue weighted by molar-refractivity contribution is -0.136. The molecule has 7 rings (SSSR count). The highest BCUT2D eigenvalue weighted by atomic mass is 16.5. The van der Waals surface area contributed by atoms with E-state index in [1.807, 2.05) is 49.9 Å². The normalized spacial score (nSPS) is 18.8. The van der Waals surface area contributed by atoms with Crippen LogP contribution in [0.1, 0.15) is 88.2 Å². The Bertz CT molecular complexity index is 1980. The molecule has 0 spiro atoms. The fourth-order valence-electron chi connectivity index (χ4n) is 8.25. The predicted molar refractivity (Wildman–Crippen MR) is 211 cm³/mol. The highest BCUT2D eigenvalue weighted by Crippen LogP contribution is 2.38. The molecule has 15 nitrogen and oxygen atoms in total. The van der Waals surface area contributed by atoms with Gasteiger partial charge in [-0.15, -0.1) is 0 Å². The molecule has 4 unspecified atom stereocenters. The smallest absolute Gasteiger partial charge is 0.407 e. The van der Waals surface area contributed by atoms with E-state index >= 15 is 0 Å². The van der Waals surface area contributed by atoms with Crippen molar-refractivity contribution >= 4 is 24.0 Å². The molecule has 4 aromatic rings. The van der Waals surface area contributed by atoms with Gasteiger partial charge in [0, 0.05) is 13.1 Å². The molecule has 0 aliphatic carbocycles. The summed E-state index contributed by atoms with van der Waals surface area (Å²) in [7, 11) is 2.58. The third-order valence-corrected chi connectivity index (χ3v) is 11.3. The van der Waals surface area contributed by atoms with E-state index in [2.05, 4.69) is 57.0 Å². The van der Waals surface area contributed by atoms with Crippen LogP contribution < -0.4 is 10.6 Å². The second kappa shape index (κ2) is 16.8. The second-order valence-electron chi connectivity index (χ2n) is 15.7. The van der Waals surface area contributed by atoms with Crippen LogP contribution in [0.15, 0.2) is 48.8 Å². The van der Waals surface area contributed by atoms with Gasteiger partial charge in [0.1, 0.15) is 23.7 Å². The second-order valence-corrected chi connectivity index (χ2v) is 15.7. The molecule has 15 heteroatoms. The third-order valence-electron chi connectivity index (χ3n) is 11.3. The van der Waals surface area contributed by atoms with Gasteiger partial charge in [-0.3, -0.25) is 9.59 Å². The van der Waals surface area contributed by atoms with Crippen LogP contribution in [0.2, 0.25) is 0 Å². The number of fused-ring (bicyclic) bond motifs is 3. The Morgan fingerprint density at radius 3 is 1.51 bits per heavy atom. The molecule has 0 saturated carbocycles. The van der Waals surface area contributed by atoms with E-state index < -0.39 is 24.3 Å². The van der Waals surface area contributed by atoms with Crippen molar-refractivity contribution in [2.75, 3.05) is 27.3 Å². The van der Waals surface area contributed by atoms with Gasteiger partial charge in [-0.2, -0.15) is 0 Å². The number of imidazole rings is 2. The van der Waals surface area contributed by atoms with E-state index in [4.69, 9.17) is 24.2 Å². The average Bonchev–Trinajstić information content (AvgIpc) is 4.04. The first-order chi connectivity index (χ1) is 27.5. The van der Waals surface area contributed by atoms with E-state index in [-0.39, 0.29) is 35.7 Å². The van der Waals surface area contributed by atoms with Crippen molar-refractivity contribution in [2.45, 2.75) is 90.8 Å². The van der Waals surface area contributed by atoms with Crippen molar-refractivity contribution in [3.63, 3.8) is 0 Å². The van der Waals surface area contributed by atoms with Crippen LogP contribution in [0.3, 0.4) is 0 Å². The maximum atomic E-state index is 13.6. The van der Waals surface area contributed by atoms with Gasteiger partial charge in [0.15, 0.2) is 0 Å². The van der Waals surface area contributed by atoms with Crippen molar-refractivity contribution < 1.29 is 33.4 Å². The van der Waals surface area contributed by atoms with E-state index in [1.165, 1.54) is 14.2 Å². The number of ether oxygens (including phenoxy) is 3. The summed E-state index contributed by atoms with van der Waals surface area (Å²) in [5, 5.41) is 5.40. The lowest BCUT2D eigenvalue weighted by Crippen LogP contribution is -2.51. The zero-order valence-corrected chi connectivity index (χ0v) is 33.4. The molecule has 302 valence electrons. The number of H-pyrrole nitrogens is 2. The number of carbonyl (C=O) groups is 4. The highest BCUT2D eigenvalue weighted by Gasteiger charge is 2.39. The minimum Gasteiger partial charge on any atom is -0.453 e. The van der Waals surface area contributed by atoms with E-state index in [0.717, 1.165) is 70.5 Å². The first-order valence-corrected chi connectivity index (χ1v) is 19.7. The summed E-state index contributed by atoms with van der Waals surface area (Å²) in [5.74, 6) is 0.903. The van der Waals surface area contributed by atoms with E-state index in [9.17, 15) is 19.2 Å². The number of carbonyl (C=O) groups excluding carboxylic acids is 4. The number of nitrogens with one attached hydrogen (secondary N) is 4. The predicted octanol–water partition coefficient (Wildman–Crippen LogP) is 6.25. The number of rotatable bonds is 10. The Morgan fingerprint density at radius 1 is 0.702 bits per heavy atom. The SMILES string of the molecule is COC(=O)NC(C(=O)N1CCCC1c1ncc(-c2ccc3c(c2)COCc2cc(-c4cnc(C5CCCN5C(=O)C(NC(=O)OC)C(C)C)[nH]4)ccc2-3)[nH]1)C(C)C. The molecule has 57 heavy (non-hydrogen) atoms. The fraction of sp³-hybridized carbons (Fsp3) is 0.476. The number of nitrogens with zero attached hydrogens (tertiary/aromatic N) is 4. The quantitative estimate of drug-likeness (QED) is 0.144. The van der Waals surface area contributed by atoms with Gasteiger partial charge >= 0.3 is 12.2 Å². The van der Waals surface area contributed by atoms with Crippen LogP contribution in [0.25, 0.3) is 33.6 Å². The molecule has 4 atom stereocenters. The topological polar surface area (TPSA) is 184 Å². The molecule has 3 aliphatic heterocycles. The summed E-state index contributed by atoms with van der Waals surface area (Å²) < 4.78 is 15.8. The number of amides is 4. The summed E-state index contributed by atoms with van der Waals surface area (Å²) in [6.45, 7) is 9.64. The van der Waals surface area contributed by atoms with Gasteiger partial charge < -0.3 is 44.6 Å². The summed E-state index contributed by atoms with van der Waals surface area (Å²) in [6.07, 6.45) is 5.58. The summed E-state index contributed by atoms with van der Waals surface area (Å²) >= 11 is 0. The largest absolute Gasteiger partial charge is 0.453 e. The average molecular weight is 781 g/mol. The van der Waals surface area contributed by atoms with Crippen molar-refractivity contribution in [1.82, 2.24) is 40.4 Å². The fourth-order valence-corrected chi connectivity index (χ4v) is 8.25. The first kappa shape index (κ1) is 39.5. The van der Waals surface area contributed by atoms with Crippen LogP contribution >= 0.6 is 0 Å². The maximum Gasteiger partial charge on any atom is 0.407 e. The van der Waals surface area contributed by atoms with Gasteiger partial charge in [-0.25, -0.2) is 19.6 Å². The molecule has 2 aromatic heterocycles. The monoisotopic (exact) mass is 780 g/mol. The van der Waals surface area contributed by atoms with Crippen LogP contribution in [-0.2, 0) is 37.0 Å².